The molecule has 0 aliphatic carbocycles. The van der Waals surface area contributed by atoms with Crippen molar-refractivity contribution in [1.29, 1.82) is 0 Å². The van der Waals surface area contributed by atoms with Gasteiger partial charge in [0.05, 0.1) is 24.3 Å². The number of nitrogens with one attached hydrogen (secondary N) is 1. The molecule has 1 saturated heterocycles. The molecular formula is C35H46F2N3NaO8S. The van der Waals surface area contributed by atoms with Crippen LogP contribution < -0.4 is 34.9 Å². The summed E-state index contributed by atoms with van der Waals surface area (Å²) in [5.41, 5.74) is 1.16. The summed E-state index contributed by atoms with van der Waals surface area (Å²) in [6.45, 7) is 8.93. The van der Waals surface area contributed by atoms with Crippen molar-refractivity contribution in [2.24, 2.45) is 0 Å². The van der Waals surface area contributed by atoms with Crippen LogP contribution in [0.2, 0.25) is 0 Å². The first-order chi connectivity index (χ1) is 22.9. The first-order valence-corrected chi connectivity index (χ1v) is 17.7. The Hall–Kier alpha value is -2.85. The van der Waals surface area contributed by atoms with Crippen molar-refractivity contribution in [2.75, 3.05) is 13.1 Å². The summed E-state index contributed by atoms with van der Waals surface area (Å²) < 4.78 is 66.4. The predicted octanol–water partition coefficient (Wildman–Crippen LogP) is 2.60. The van der Waals surface area contributed by atoms with Crippen LogP contribution in [0.15, 0.2) is 53.4 Å². The number of aromatic nitrogens is 1. The van der Waals surface area contributed by atoms with Crippen molar-refractivity contribution in [2.45, 2.75) is 102 Å². The number of carbonyl (C=O) groups excluding carboxylic acids is 1. The summed E-state index contributed by atoms with van der Waals surface area (Å²) in [5, 5.41) is 32.7. The Kier molecular flexibility index (Phi) is 14.2. The summed E-state index contributed by atoms with van der Waals surface area (Å²) in [5.74, 6) is -2.66. The van der Waals surface area contributed by atoms with Crippen LogP contribution in [0.4, 0.5) is 13.6 Å². The number of sulfonamides is 1. The van der Waals surface area contributed by atoms with Crippen molar-refractivity contribution in [1.82, 2.24) is 14.2 Å². The number of aliphatic hydroxyl groups is 2. The zero-order chi connectivity index (χ0) is 36.3. The van der Waals surface area contributed by atoms with Crippen LogP contribution in [0.5, 0.6) is 0 Å². The minimum Gasteiger partial charge on any atom is -1.00 e. The predicted molar refractivity (Wildman–Crippen MR) is 180 cm³/mol. The molecule has 2 heterocycles. The molecule has 0 radical (unpaired) electrons. The normalized spacial score (nSPS) is 16.6. The van der Waals surface area contributed by atoms with Crippen molar-refractivity contribution in [3.63, 3.8) is 0 Å². The maximum atomic E-state index is 14.8. The first kappa shape index (κ1) is 41.6. The minimum absolute atomic E-state index is 0. The average Bonchev–Trinajstić information content (AvgIpc) is 3.59. The van der Waals surface area contributed by atoms with Gasteiger partial charge in [0.1, 0.15) is 22.1 Å². The number of carbonyl (C=O) groups is 2. The van der Waals surface area contributed by atoms with Gasteiger partial charge in [-0.25, -0.2) is 22.0 Å². The number of amides is 1. The zero-order valence-electron chi connectivity index (χ0n) is 30.3. The number of hydrogen-bond acceptors (Lipinski definition) is 7. The van der Waals surface area contributed by atoms with Crippen molar-refractivity contribution in [3.05, 3.63) is 65.9 Å². The number of nitrogens with zero attached hydrogens (tertiary/aromatic N) is 2. The molecule has 0 bridgehead atoms. The Morgan fingerprint density at radius 3 is 2.08 bits per heavy atom. The van der Waals surface area contributed by atoms with Crippen LogP contribution in [-0.4, -0.2) is 81.6 Å². The second kappa shape index (κ2) is 17.1. The molecule has 1 amide bonds. The largest absolute Gasteiger partial charge is 1.00 e. The van der Waals surface area contributed by atoms with E-state index in [1.54, 1.807) is 25.3 Å². The van der Waals surface area contributed by atoms with Gasteiger partial charge in [0.25, 0.3) is 0 Å². The zero-order valence-corrected chi connectivity index (χ0v) is 32.1. The van der Waals surface area contributed by atoms with E-state index >= 15 is 0 Å². The van der Waals surface area contributed by atoms with E-state index in [4.69, 9.17) is 9.84 Å². The van der Waals surface area contributed by atoms with E-state index in [9.17, 15) is 37.0 Å². The maximum absolute atomic E-state index is 14.8. The Morgan fingerprint density at radius 2 is 1.56 bits per heavy atom. The molecule has 4 N–H and O–H groups in total. The van der Waals surface area contributed by atoms with Gasteiger partial charge in [-0.3, -0.25) is 4.79 Å². The second-order valence-electron chi connectivity index (χ2n) is 13.7. The molecule has 0 saturated carbocycles. The van der Waals surface area contributed by atoms with Gasteiger partial charge in [-0.15, -0.1) is 0 Å². The number of halogens is 2. The van der Waals surface area contributed by atoms with E-state index in [1.165, 1.54) is 52.8 Å². The standard InChI is InChI=1S/C35H45F2N3O8S.Na.H/c1-21(2)31-33(49(46,47)39-16-14-26(20-39)38-34(45)48-35(3,4)5)30(22-6-10-24(36)11-7-22)32(23-8-12-25(37)13-9-23)40(31)17-15-27(41)18-28(42)19-29(43)44;;/h6-13,21,26-28,41-42H,14-20H2,1-5H3,(H,38,45)(H,43,44);;/q;+1;-1. The van der Waals surface area contributed by atoms with Gasteiger partial charge in [0.15, 0.2) is 0 Å². The third-order valence-electron chi connectivity index (χ3n) is 8.16. The molecule has 1 aromatic heterocycles. The van der Waals surface area contributed by atoms with E-state index in [0.717, 1.165) is 0 Å². The molecule has 2 aromatic carbocycles. The number of carboxylic acids is 1. The summed E-state index contributed by atoms with van der Waals surface area (Å²) >= 11 is 0. The van der Waals surface area contributed by atoms with Crippen molar-refractivity contribution < 1.29 is 77.8 Å². The van der Waals surface area contributed by atoms with Crippen LogP contribution >= 0.6 is 0 Å². The van der Waals surface area contributed by atoms with Crippen LogP contribution in [0.3, 0.4) is 0 Å². The van der Waals surface area contributed by atoms with Crippen molar-refractivity contribution in [3.8, 4) is 22.4 Å². The number of aliphatic carboxylic acids is 1. The molecule has 4 rings (SSSR count). The van der Waals surface area contributed by atoms with Gasteiger partial charge >= 0.3 is 41.6 Å². The molecule has 50 heavy (non-hydrogen) atoms. The van der Waals surface area contributed by atoms with E-state index in [0.29, 0.717) is 28.9 Å². The molecule has 270 valence electrons. The molecule has 1 fully saturated rings. The number of aliphatic hydroxyl groups excluding tert-OH is 2. The van der Waals surface area contributed by atoms with Crippen LogP contribution in [0.1, 0.15) is 73.3 Å². The number of benzene rings is 2. The van der Waals surface area contributed by atoms with Gasteiger partial charge in [0.2, 0.25) is 10.0 Å². The molecule has 3 aromatic rings. The SMILES string of the molecule is CC(C)c1c(S(=O)(=O)N2CCC(NC(=O)OC(C)(C)C)C2)c(-c2ccc(F)cc2)c(-c2ccc(F)cc2)n1CCC(O)CC(O)CC(=O)O.[H-].[Na+]. The number of hydrogen-bond donors (Lipinski definition) is 4. The van der Waals surface area contributed by atoms with E-state index in [2.05, 4.69) is 5.32 Å². The molecule has 3 atom stereocenters. The summed E-state index contributed by atoms with van der Waals surface area (Å²) in [6.07, 6.45) is -3.50. The van der Waals surface area contributed by atoms with Crippen LogP contribution in [0.25, 0.3) is 22.4 Å². The first-order valence-electron chi connectivity index (χ1n) is 16.2. The smallest absolute Gasteiger partial charge is 1.00 e. The van der Waals surface area contributed by atoms with Gasteiger partial charge in [-0.2, -0.15) is 4.31 Å². The van der Waals surface area contributed by atoms with Crippen LogP contribution in [0, 0.1) is 11.6 Å². The molecule has 1 aliphatic heterocycles. The Labute approximate surface area is 315 Å². The quantitative estimate of drug-likeness (QED) is 0.196. The number of carboxylic acid groups (broad SMARTS) is 1. The number of rotatable bonds is 13. The van der Waals surface area contributed by atoms with Gasteiger partial charge < -0.3 is 31.4 Å². The average molecular weight is 730 g/mol. The van der Waals surface area contributed by atoms with Gasteiger partial charge in [-0.05, 0) is 93.5 Å². The second-order valence-corrected chi connectivity index (χ2v) is 15.6. The Bertz CT molecular complexity index is 1750. The molecule has 15 heteroatoms. The van der Waals surface area contributed by atoms with E-state index in [-0.39, 0.29) is 73.9 Å². The van der Waals surface area contributed by atoms with E-state index < -0.39 is 69.9 Å². The Morgan fingerprint density at radius 1 is 1.00 bits per heavy atom. The fraction of sp³-hybridized carbons (Fsp3) is 0.486. The summed E-state index contributed by atoms with van der Waals surface area (Å²) in [6, 6.07) is 10.4. The minimum atomic E-state index is -4.31. The van der Waals surface area contributed by atoms with E-state index in [1.807, 2.05) is 13.8 Å². The third kappa shape index (κ3) is 10.4. The summed E-state index contributed by atoms with van der Waals surface area (Å²) in [7, 11) is -4.31. The molecule has 1 aliphatic rings. The fourth-order valence-electron chi connectivity index (χ4n) is 6.14. The Balaban J connectivity index is 0.00000451. The van der Waals surface area contributed by atoms with Gasteiger partial charge in [0, 0.05) is 36.9 Å². The topological polar surface area (TPSA) is 158 Å². The maximum Gasteiger partial charge on any atom is 1.00 e. The monoisotopic (exact) mass is 729 g/mol. The fourth-order valence-corrected chi connectivity index (χ4v) is 8.20. The molecular weight excluding hydrogens is 683 g/mol. The third-order valence-corrected chi connectivity index (χ3v) is 10.1. The molecule has 3 unspecified atom stereocenters. The van der Waals surface area contributed by atoms with Crippen molar-refractivity contribution >= 4 is 22.1 Å². The van der Waals surface area contributed by atoms with Crippen LogP contribution in [-0.2, 0) is 26.1 Å². The molecule has 0 spiro atoms. The number of ether oxygens (including phenoxy) is 1. The van der Waals surface area contributed by atoms with Gasteiger partial charge in [-0.1, -0.05) is 26.0 Å². The molecule has 11 nitrogen and oxygen atoms in total. The summed E-state index contributed by atoms with van der Waals surface area (Å²) in [4.78, 5) is 23.5. The number of alkyl carbamates (subject to hydrolysis) is 1.